The van der Waals surface area contributed by atoms with Gasteiger partial charge in [-0.1, -0.05) is 43.0 Å². The van der Waals surface area contributed by atoms with Gasteiger partial charge in [0.25, 0.3) is 0 Å². The zero-order chi connectivity index (χ0) is 13.5. The molecule has 0 bridgehead atoms. The average Bonchev–Trinajstić information content (AvgIpc) is 3.29. The van der Waals surface area contributed by atoms with Crippen molar-refractivity contribution >= 4 is 5.57 Å². The predicted octanol–water partition coefficient (Wildman–Crippen LogP) is 4.83. The highest BCUT2D eigenvalue weighted by atomic mass is 16.5. The van der Waals surface area contributed by atoms with E-state index in [9.17, 15) is 0 Å². The Hall–Kier alpha value is -1.76. The van der Waals surface area contributed by atoms with Crippen LogP contribution >= 0.6 is 0 Å². The van der Waals surface area contributed by atoms with Gasteiger partial charge >= 0.3 is 0 Å². The molecule has 1 nitrogen and oxygen atoms in total. The van der Waals surface area contributed by atoms with Gasteiger partial charge in [0.2, 0.25) is 0 Å². The van der Waals surface area contributed by atoms with E-state index in [4.69, 9.17) is 4.74 Å². The molecule has 0 aromatic heterocycles. The first kappa shape index (κ1) is 12.0. The molecule has 1 heteroatoms. The van der Waals surface area contributed by atoms with Crippen molar-refractivity contribution in [2.45, 2.75) is 31.6 Å². The summed E-state index contributed by atoms with van der Waals surface area (Å²) in [6.07, 6.45) is 9.46. The van der Waals surface area contributed by atoms with Crippen LogP contribution in [0.1, 0.15) is 42.7 Å². The highest BCUT2D eigenvalue weighted by Crippen LogP contribution is 2.47. The molecule has 102 valence electrons. The van der Waals surface area contributed by atoms with Crippen molar-refractivity contribution in [3.05, 3.63) is 65.5 Å². The molecule has 1 atom stereocenters. The molecule has 4 rings (SSSR count). The van der Waals surface area contributed by atoms with E-state index in [1.165, 1.54) is 41.5 Å². The Morgan fingerprint density at radius 2 is 2.10 bits per heavy atom. The number of ether oxygens (including phenoxy) is 1. The van der Waals surface area contributed by atoms with Gasteiger partial charge in [-0.2, -0.15) is 0 Å². The van der Waals surface area contributed by atoms with E-state index in [0.717, 1.165) is 18.8 Å². The average molecular weight is 264 g/mol. The summed E-state index contributed by atoms with van der Waals surface area (Å²) in [5.41, 5.74) is 5.89. The third-order valence-corrected chi connectivity index (χ3v) is 4.71. The summed E-state index contributed by atoms with van der Waals surface area (Å²) in [5, 5.41) is 0. The second-order valence-corrected chi connectivity index (χ2v) is 6.07. The van der Waals surface area contributed by atoms with Crippen molar-refractivity contribution in [1.82, 2.24) is 0 Å². The van der Waals surface area contributed by atoms with Gasteiger partial charge in [0, 0.05) is 11.8 Å². The van der Waals surface area contributed by atoms with Gasteiger partial charge in [0.1, 0.15) is 0 Å². The fourth-order valence-electron chi connectivity index (χ4n) is 3.44. The van der Waals surface area contributed by atoms with Gasteiger partial charge in [-0.3, -0.25) is 0 Å². The van der Waals surface area contributed by atoms with Crippen LogP contribution in [0.4, 0.5) is 0 Å². The van der Waals surface area contributed by atoms with E-state index in [-0.39, 0.29) is 0 Å². The highest BCUT2D eigenvalue weighted by molar-refractivity contribution is 5.81. The molecule has 0 radical (unpaired) electrons. The molecule has 0 heterocycles. The van der Waals surface area contributed by atoms with Crippen molar-refractivity contribution in [3.63, 3.8) is 0 Å². The molecule has 1 saturated carbocycles. The minimum atomic E-state index is 0.397. The van der Waals surface area contributed by atoms with Gasteiger partial charge in [-0.05, 0) is 48.0 Å². The Bertz CT molecular complexity index is 616. The normalized spacial score (nSPS) is 23.5. The maximum absolute atomic E-state index is 5.99. The number of allylic oxidation sites excluding steroid dienone is 4. The zero-order valence-electron chi connectivity index (χ0n) is 11.8. The smallest absolute Gasteiger partial charge is 0.0986 e. The summed E-state index contributed by atoms with van der Waals surface area (Å²) in [4.78, 5) is 0. The Balaban J connectivity index is 1.62. The first-order valence-electron chi connectivity index (χ1n) is 7.65. The molecule has 1 aromatic carbocycles. The van der Waals surface area contributed by atoms with E-state index in [0.29, 0.717) is 11.8 Å². The van der Waals surface area contributed by atoms with E-state index in [1.807, 2.05) is 0 Å². The molecule has 0 saturated heterocycles. The molecule has 1 aromatic rings. The highest BCUT2D eigenvalue weighted by Gasteiger charge is 2.32. The second kappa shape index (κ2) is 4.66. The Morgan fingerprint density at radius 3 is 2.95 bits per heavy atom. The summed E-state index contributed by atoms with van der Waals surface area (Å²) in [7, 11) is 0. The molecular weight excluding hydrogens is 244 g/mol. The molecule has 0 spiro atoms. The maximum atomic E-state index is 5.99. The van der Waals surface area contributed by atoms with Gasteiger partial charge in [0.05, 0.1) is 12.4 Å². The van der Waals surface area contributed by atoms with E-state index < -0.39 is 0 Å². The fourth-order valence-corrected chi connectivity index (χ4v) is 3.44. The molecule has 3 aliphatic rings. The third kappa shape index (κ3) is 1.93. The molecule has 1 fully saturated rings. The van der Waals surface area contributed by atoms with Crippen molar-refractivity contribution in [2.24, 2.45) is 5.92 Å². The van der Waals surface area contributed by atoms with Crippen LogP contribution in [0.15, 0.2) is 54.3 Å². The quantitative estimate of drug-likeness (QED) is 0.708. The predicted molar refractivity (Wildman–Crippen MR) is 82.3 cm³/mol. The van der Waals surface area contributed by atoms with Crippen LogP contribution in [0.5, 0.6) is 0 Å². The molecule has 3 aliphatic carbocycles. The molecule has 0 N–H and O–H groups in total. The first-order valence-corrected chi connectivity index (χ1v) is 7.65. The van der Waals surface area contributed by atoms with Gasteiger partial charge in [-0.25, -0.2) is 0 Å². The minimum Gasteiger partial charge on any atom is -0.497 e. The topological polar surface area (TPSA) is 9.23 Å². The van der Waals surface area contributed by atoms with Crippen LogP contribution in [0, 0.1) is 5.92 Å². The second-order valence-electron chi connectivity index (χ2n) is 6.07. The Labute approximate surface area is 120 Å². The van der Waals surface area contributed by atoms with Gasteiger partial charge in [0.15, 0.2) is 0 Å². The fraction of sp³-hybridized carbons (Fsp3) is 0.368. The molecule has 0 amide bonds. The van der Waals surface area contributed by atoms with Crippen LogP contribution in [-0.4, -0.2) is 6.61 Å². The monoisotopic (exact) mass is 264 g/mol. The van der Waals surface area contributed by atoms with Gasteiger partial charge < -0.3 is 4.74 Å². The largest absolute Gasteiger partial charge is 0.497 e. The molecule has 0 aliphatic heterocycles. The number of hydrogen-bond donors (Lipinski definition) is 0. The molecule has 1 unspecified atom stereocenters. The van der Waals surface area contributed by atoms with E-state index >= 15 is 0 Å². The minimum absolute atomic E-state index is 0.397. The SMILES string of the molecule is C=C(OCC1C2=C(CCC=C2)c2ccccc21)C1CC1. The zero-order valence-corrected chi connectivity index (χ0v) is 11.8. The number of hydrogen-bond acceptors (Lipinski definition) is 1. The van der Waals surface area contributed by atoms with Crippen molar-refractivity contribution in [1.29, 1.82) is 0 Å². The Morgan fingerprint density at radius 1 is 1.25 bits per heavy atom. The van der Waals surface area contributed by atoms with E-state index in [2.05, 4.69) is 43.0 Å². The summed E-state index contributed by atoms with van der Waals surface area (Å²) in [6.45, 7) is 4.83. The summed E-state index contributed by atoms with van der Waals surface area (Å²) in [6, 6.07) is 8.81. The molecule has 20 heavy (non-hydrogen) atoms. The number of benzene rings is 1. The third-order valence-electron chi connectivity index (χ3n) is 4.71. The van der Waals surface area contributed by atoms with Crippen molar-refractivity contribution in [3.8, 4) is 0 Å². The summed E-state index contributed by atoms with van der Waals surface area (Å²) in [5.74, 6) is 2.02. The summed E-state index contributed by atoms with van der Waals surface area (Å²) >= 11 is 0. The Kier molecular flexibility index (Phi) is 2.80. The van der Waals surface area contributed by atoms with Crippen molar-refractivity contribution in [2.75, 3.05) is 6.61 Å². The van der Waals surface area contributed by atoms with Crippen LogP contribution in [-0.2, 0) is 4.74 Å². The number of fused-ring (bicyclic) bond motifs is 2. The lowest BCUT2D eigenvalue weighted by Crippen LogP contribution is -2.08. The van der Waals surface area contributed by atoms with Crippen LogP contribution in [0.2, 0.25) is 0 Å². The van der Waals surface area contributed by atoms with Crippen LogP contribution in [0.25, 0.3) is 5.57 Å². The van der Waals surface area contributed by atoms with E-state index in [1.54, 1.807) is 0 Å². The van der Waals surface area contributed by atoms with Gasteiger partial charge in [-0.15, -0.1) is 0 Å². The maximum Gasteiger partial charge on any atom is 0.0986 e. The summed E-state index contributed by atoms with van der Waals surface area (Å²) < 4.78 is 5.99. The molecular formula is C19H20O. The van der Waals surface area contributed by atoms with Crippen molar-refractivity contribution < 1.29 is 4.74 Å². The first-order chi connectivity index (χ1) is 9.84. The van der Waals surface area contributed by atoms with Crippen LogP contribution in [0.3, 0.4) is 0 Å². The standard InChI is InChI=1S/C19H20O/c1-13(14-10-11-14)20-12-19-17-8-4-2-6-15(17)16-7-3-5-9-18(16)19/h2,4-6,8-9,14,19H,1,3,7,10-12H2. The lowest BCUT2D eigenvalue weighted by atomic mass is 9.93. The van der Waals surface area contributed by atoms with Crippen LogP contribution < -0.4 is 0 Å². The lowest BCUT2D eigenvalue weighted by Gasteiger charge is -2.18. The lowest BCUT2D eigenvalue weighted by molar-refractivity contribution is 0.190. The number of rotatable bonds is 4.